The first-order valence-electron chi connectivity index (χ1n) is 8.87. The van der Waals surface area contributed by atoms with Crippen LogP contribution in [0.3, 0.4) is 0 Å². The van der Waals surface area contributed by atoms with Crippen LogP contribution >= 0.6 is 0 Å². The van der Waals surface area contributed by atoms with E-state index in [4.69, 9.17) is 4.74 Å². The maximum Gasteiger partial charge on any atom is 0.309 e. The number of rotatable bonds is 5. The molecular weight excluding hydrogens is 320 g/mol. The van der Waals surface area contributed by atoms with E-state index < -0.39 is 18.2 Å². The van der Waals surface area contributed by atoms with Crippen molar-refractivity contribution in [1.29, 1.82) is 0 Å². The predicted octanol–water partition coefficient (Wildman–Crippen LogP) is 2.93. The quantitative estimate of drug-likeness (QED) is 0.829. The van der Waals surface area contributed by atoms with Gasteiger partial charge in [-0.05, 0) is 31.7 Å². The molecule has 1 aliphatic rings. The molecule has 5 heteroatoms. The van der Waals surface area contributed by atoms with Crippen LogP contribution in [0.4, 0.5) is 0 Å². The number of Topliss-reactive ketones (excluding diaryl/α,β-unsaturated/α-hetero) is 2. The van der Waals surface area contributed by atoms with E-state index in [1.165, 1.54) is 6.92 Å². The predicted molar refractivity (Wildman–Crippen MR) is 92.9 cm³/mol. The number of hydrogen-bond donors (Lipinski definition) is 1. The second kappa shape index (κ2) is 8.90. The summed E-state index contributed by atoms with van der Waals surface area (Å²) in [5, 5.41) is 9.93. The highest BCUT2D eigenvalue weighted by Gasteiger charge is 2.30. The van der Waals surface area contributed by atoms with Gasteiger partial charge in [-0.15, -0.1) is 0 Å². The van der Waals surface area contributed by atoms with Crippen molar-refractivity contribution in [2.24, 2.45) is 5.92 Å². The molecule has 1 heterocycles. The smallest absolute Gasteiger partial charge is 0.309 e. The van der Waals surface area contributed by atoms with Crippen LogP contribution in [0, 0.1) is 5.92 Å². The summed E-state index contributed by atoms with van der Waals surface area (Å²) in [6, 6.07) is 7.46. The molecule has 25 heavy (non-hydrogen) atoms. The lowest BCUT2D eigenvalue weighted by Crippen LogP contribution is -2.28. The van der Waals surface area contributed by atoms with Crippen LogP contribution < -0.4 is 0 Å². The maximum atomic E-state index is 12.7. The number of fused-ring (bicyclic) bond motifs is 1. The Morgan fingerprint density at radius 1 is 1.24 bits per heavy atom. The van der Waals surface area contributed by atoms with Gasteiger partial charge >= 0.3 is 5.97 Å². The number of carbonyl (C=O) groups is 3. The Morgan fingerprint density at radius 2 is 1.96 bits per heavy atom. The topological polar surface area (TPSA) is 80.7 Å². The summed E-state index contributed by atoms with van der Waals surface area (Å²) in [7, 11) is 0. The Bertz CT molecular complexity index is 637. The highest BCUT2D eigenvalue weighted by Crippen LogP contribution is 2.29. The number of cyclic esters (lactones) is 1. The molecule has 0 aromatic heterocycles. The second-order valence-electron chi connectivity index (χ2n) is 6.89. The minimum Gasteiger partial charge on any atom is -0.449 e. The van der Waals surface area contributed by atoms with Gasteiger partial charge in [-0.3, -0.25) is 14.4 Å². The minimum absolute atomic E-state index is 0.0789. The number of aliphatic hydroxyl groups excluding tert-OH is 1. The Balaban J connectivity index is 2.28. The molecule has 0 fully saturated rings. The summed E-state index contributed by atoms with van der Waals surface area (Å²) in [4.78, 5) is 36.2. The zero-order chi connectivity index (χ0) is 18.4. The van der Waals surface area contributed by atoms with Gasteiger partial charge in [-0.1, -0.05) is 37.6 Å². The van der Waals surface area contributed by atoms with Crippen LogP contribution in [0.15, 0.2) is 24.3 Å². The van der Waals surface area contributed by atoms with Crippen LogP contribution in [-0.2, 0) is 25.5 Å². The Hall–Kier alpha value is -2.01. The number of aryl methyl sites for hydroxylation is 1. The van der Waals surface area contributed by atoms with Gasteiger partial charge in [0.25, 0.3) is 0 Å². The van der Waals surface area contributed by atoms with Gasteiger partial charge < -0.3 is 9.84 Å². The van der Waals surface area contributed by atoms with Crippen molar-refractivity contribution in [1.82, 2.24) is 0 Å². The third-order valence-electron chi connectivity index (χ3n) is 4.56. The zero-order valence-corrected chi connectivity index (χ0v) is 14.9. The zero-order valence-electron chi connectivity index (χ0n) is 14.9. The van der Waals surface area contributed by atoms with Gasteiger partial charge in [0.1, 0.15) is 5.78 Å². The van der Waals surface area contributed by atoms with Gasteiger partial charge in [-0.2, -0.15) is 0 Å². The first-order valence-corrected chi connectivity index (χ1v) is 8.87. The number of carbonyl (C=O) groups excluding carboxylic acids is 3. The molecule has 1 N–H and O–H groups in total. The van der Waals surface area contributed by atoms with Crippen molar-refractivity contribution in [2.45, 2.75) is 64.6 Å². The van der Waals surface area contributed by atoms with E-state index in [1.54, 1.807) is 6.07 Å². The Kier molecular flexibility index (Phi) is 6.88. The van der Waals surface area contributed by atoms with Crippen molar-refractivity contribution in [3.8, 4) is 0 Å². The van der Waals surface area contributed by atoms with Crippen LogP contribution in [0.5, 0.6) is 0 Å². The molecule has 0 spiro atoms. The molecule has 1 aromatic carbocycles. The van der Waals surface area contributed by atoms with Crippen LogP contribution in [0.1, 0.15) is 63.2 Å². The molecule has 0 bridgehead atoms. The minimum atomic E-state index is -1.05. The normalized spacial score (nSPS) is 22.4. The molecule has 1 aromatic rings. The summed E-state index contributed by atoms with van der Waals surface area (Å²) in [5.41, 5.74) is 1.68. The standard InChI is InChI=1S/C20H26O5/c1-13-7-3-4-8-15-9-5-6-10-17(15)19(25-20(13)24)18(23)12-16(22)11-14(2)21/h5-6,9-10,13,16,19,22H,3-4,7-8,11-12H2,1-2H3/t13-,16+,19+/m0/s1. The molecule has 136 valence electrons. The first-order chi connectivity index (χ1) is 11.9. The number of aliphatic hydroxyl groups is 1. The summed E-state index contributed by atoms with van der Waals surface area (Å²) in [5.74, 6) is -1.21. The third-order valence-corrected chi connectivity index (χ3v) is 4.56. The van der Waals surface area contributed by atoms with Crippen LogP contribution in [-0.4, -0.2) is 28.7 Å². The summed E-state index contributed by atoms with van der Waals surface area (Å²) in [6.07, 6.45) is 1.07. The summed E-state index contributed by atoms with van der Waals surface area (Å²) in [6.45, 7) is 3.18. The molecule has 0 unspecified atom stereocenters. The second-order valence-corrected chi connectivity index (χ2v) is 6.89. The SMILES string of the molecule is CC(=O)C[C@@H](O)CC(=O)[C@@H]1OC(=O)[C@@H](C)CCCCc2ccccc21. The molecule has 0 saturated heterocycles. The monoisotopic (exact) mass is 346 g/mol. The Morgan fingerprint density at radius 3 is 2.68 bits per heavy atom. The van der Waals surface area contributed by atoms with Crippen LogP contribution in [0.25, 0.3) is 0 Å². The largest absolute Gasteiger partial charge is 0.449 e. The molecule has 2 rings (SSSR count). The molecule has 0 saturated carbocycles. The van der Waals surface area contributed by atoms with Gasteiger partial charge in [-0.25, -0.2) is 0 Å². The fourth-order valence-electron chi connectivity index (χ4n) is 3.18. The summed E-state index contributed by atoms with van der Waals surface area (Å²) < 4.78 is 5.55. The first kappa shape index (κ1) is 19.3. The van der Waals surface area contributed by atoms with E-state index in [9.17, 15) is 19.5 Å². The van der Waals surface area contributed by atoms with Crippen molar-refractivity contribution < 1.29 is 24.2 Å². The van der Waals surface area contributed by atoms with Gasteiger partial charge in [0.15, 0.2) is 11.9 Å². The Labute approximate surface area is 148 Å². The third kappa shape index (κ3) is 5.49. The van der Waals surface area contributed by atoms with Gasteiger partial charge in [0, 0.05) is 18.4 Å². The van der Waals surface area contributed by atoms with Crippen molar-refractivity contribution in [2.75, 3.05) is 0 Å². The maximum absolute atomic E-state index is 12.7. The van der Waals surface area contributed by atoms with E-state index in [0.29, 0.717) is 5.56 Å². The van der Waals surface area contributed by atoms with Crippen molar-refractivity contribution in [3.63, 3.8) is 0 Å². The van der Waals surface area contributed by atoms with Crippen molar-refractivity contribution in [3.05, 3.63) is 35.4 Å². The van der Waals surface area contributed by atoms with Gasteiger partial charge in [0.2, 0.25) is 0 Å². The van der Waals surface area contributed by atoms with Crippen LogP contribution in [0.2, 0.25) is 0 Å². The molecule has 5 nitrogen and oxygen atoms in total. The average Bonchev–Trinajstić information content (AvgIpc) is 2.55. The average molecular weight is 346 g/mol. The number of ketones is 2. The fourth-order valence-corrected chi connectivity index (χ4v) is 3.18. The number of benzene rings is 1. The molecule has 0 radical (unpaired) electrons. The highest BCUT2D eigenvalue weighted by molar-refractivity contribution is 5.88. The van der Waals surface area contributed by atoms with E-state index in [1.807, 2.05) is 25.1 Å². The highest BCUT2D eigenvalue weighted by atomic mass is 16.5. The number of hydrogen-bond acceptors (Lipinski definition) is 5. The van der Waals surface area contributed by atoms with Crippen molar-refractivity contribution >= 4 is 17.5 Å². The van der Waals surface area contributed by atoms with E-state index in [2.05, 4.69) is 0 Å². The van der Waals surface area contributed by atoms with E-state index >= 15 is 0 Å². The number of ether oxygens (including phenoxy) is 1. The number of esters is 1. The van der Waals surface area contributed by atoms with E-state index in [-0.39, 0.29) is 30.3 Å². The summed E-state index contributed by atoms with van der Waals surface area (Å²) >= 11 is 0. The molecule has 3 atom stereocenters. The van der Waals surface area contributed by atoms with Gasteiger partial charge in [0.05, 0.1) is 12.0 Å². The lowest BCUT2D eigenvalue weighted by molar-refractivity contribution is -0.160. The lowest BCUT2D eigenvalue weighted by Gasteiger charge is -2.24. The van der Waals surface area contributed by atoms with E-state index in [0.717, 1.165) is 31.2 Å². The fraction of sp³-hybridized carbons (Fsp3) is 0.550. The lowest BCUT2D eigenvalue weighted by atomic mass is 9.91. The molecule has 0 amide bonds. The molecular formula is C20H26O5. The molecule has 1 aliphatic heterocycles. The molecule has 0 aliphatic carbocycles.